The highest BCUT2D eigenvalue weighted by molar-refractivity contribution is 5.91. The van der Waals surface area contributed by atoms with E-state index in [0.717, 1.165) is 31.9 Å². The van der Waals surface area contributed by atoms with E-state index in [-0.39, 0.29) is 23.3 Å². The zero-order valence-electron chi connectivity index (χ0n) is 10.1. The van der Waals surface area contributed by atoms with Crippen LogP contribution in [0, 0.1) is 5.92 Å². The Morgan fingerprint density at radius 2 is 2.39 bits per heavy atom. The van der Waals surface area contributed by atoms with Gasteiger partial charge in [-0.3, -0.25) is 9.59 Å². The molecule has 1 saturated carbocycles. The molecule has 1 aliphatic carbocycles. The van der Waals surface area contributed by atoms with Crippen molar-refractivity contribution in [2.45, 2.75) is 31.8 Å². The Morgan fingerprint density at radius 3 is 3.06 bits per heavy atom. The molecule has 0 aliphatic heterocycles. The number of aromatic nitrogens is 2. The second kappa shape index (κ2) is 5.77. The van der Waals surface area contributed by atoms with Crippen LogP contribution in [-0.4, -0.2) is 33.6 Å². The van der Waals surface area contributed by atoms with Gasteiger partial charge in [0.15, 0.2) is 0 Å². The first-order valence-corrected chi connectivity index (χ1v) is 6.16. The smallest absolute Gasteiger partial charge is 0.271 e. The molecule has 0 aromatic carbocycles. The molecule has 18 heavy (non-hydrogen) atoms. The highest BCUT2D eigenvalue weighted by atomic mass is 16.3. The Kier molecular flexibility index (Phi) is 4.09. The number of aliphatic hydroxyl groups excluding tert-OH is 1. The molecule has 0 bridgehead atoms. The Bertz CT molecular complexity index is 451. The number of hydrogen-bond donors (Lipinski definition) is 3. The molecule has 0 radical (unpaired) electrons. The molecule has 1 fully saturated rings. The van der Waals surface area contributed by atoms with E-state index in [1.807, 2.05) is 0 Å². The van der Waals surface area contributed by atoms with Gasteiger partial charge in [-0.1, -0.05) is 6.42 Å². The molecule has 2 rings (SSSR count). The fourth-order valence-corrected chi connectivity index (χ4v) is 2.24. The third kappa shape index (κ3) is 3.40. The number of rotatable bonds is 3. The quantitative estimate of drug-likeness (QED) is 0.707. The fraction of sp³-hybridized carbons (Fsp3) is 0.583. The van der Waals surface area contributed by atoms with E-state index in [0.29, 0.717) is 12.5 Å². The largest absolute Gasteiger partial charge is 0.393 e. The average molecular weight is 251 g/mol. The van der Waals surface area contributed by atoms with Crippen LogP contribution in [0.5, 0.6) is 0 Å². The summed E-state index contributed by atoms with van der Waals surface area (Å²) < 4.78 is 0. The molecule has 0 saturated heterocycles. The fourth-order valence-electron chi connectivity index (χ4n) is 2.24. The number of nitrogens with zero attached hydrogens (tertiary/aromatic N) is 1. The third-order valence-corrected chi connectivity index (χ3v) is 3.21. The Balaban J connectivity index is 1.84. The molecule has 1 amide bonds. The van der Waals surface area contributed by atoms with Crippen molar-refractivity contribution < 1.29 is 9.90 Å². The maximum Gasteiger partial charge on any atom is 0.271 e. The van der Waals surface area contributed by atoms with Crippen molar-refractivity contribution in [1.29, 1.82) is 0 Å². The first kappa shape index (κ1) is 12.8. The van der Waals surface area contributed by atoms with Crippen LogP contribution >= 0.6 is 0 Å². The third-order valence-electron chi connectivity index (χ3n) is 3.21. The lowest BCUT2D eigenvalue weighted by Gasteiger charge is -2.25. The second-order valence-corrected chi connectivity index (χ2v) is 4.69. The number of aromatic amines is 1. The van der Waals surface area contributed by atoms with Crippen LogP contribution in [0.25, 0.3) is 0 Å². The van der Waals surface area contributed by atoms with Crippen LogP contribution in [0.3, 0.4) is 0 Å². The number of amides is 1. The molecule has 1 aromatic heterocycles. The van der Waals surface area contributed by atoms with E-state index in [1.54, 1.807) is 0 Å². The summed E-state index contributed by atoms with van der Waals surface area (Å²) >= 11 is 0. The van der Waals surface area contributed by atoms with Crippen molar-refractivity contribution >= 4 is 5.91 Å². The molecule has 2 unspecified atom stereocenters. The maximum absolute atomic E-state index is 11.7. The van der Waals surface area contributed by atoms with Gasteiger partial charge in [-0.15, -0.1) is 0 Å². The molecular weight excluding hydrogens is 234 g/mol. The van der Waals surface area contributed by atoms with Gasteiger partial charge in [0.2, 0.25) is 0 Å². The van der Waals surface area contributed by atoms with Crippen molar-refractivity contribution in [2.75, 3.05) is 6.54 Å². The van der Waals surface area contributed by atoms with Gasteiger partial charge in [0.05, 0.1) is 12.3 Å². The van der Waals surface area contributed by atoms with E-state index < -0.39 is 0 Å². The number of carbonyl (C=O) groups is 1. The Labute approximate surface area is 104 Å². The standard InChI is InChI=1S/C12H17N3O3/c16-9-3-1-2-8(4-9)5-15-12(18)10-6-14-11(17)7-13-10/h6-9,16H,1-5H2,(H,14,17)(H,15,18). The lowest BCUT2D eigenvalue weighted by molar-refractivity contribution is 0.0870. The van der Waals surface area contributed by atoms with Gasteiger partial charge in [-0.25, -0.2) is 4.98 Å². The van der Waals surface area contributed by atoms with Gasteiger partial charge in [-0.2, -0.15) is 0 Å². The number of hydrogen-bond acceptors (Lipinski definition) is 4. The zero-order chi connectivity index (χ0) is 13.0. The SMILES string of the molecule is O=C(NCC1CCCC(O)C1)c1c[nH]c(=O)cn1. The second-order valence-electron chi connectivity index (χ2n) is 4.69. The van der Waals surface area contributed by atoms with Gasteiger partial charge in [0, 0.05) is 12.7 Å². The van der Waals surface area contributed by atoms with Crippen molar-refractivity contribution in [3.63, 3.8) is 0 Å². The van der Waals surface area contributed by atoms with E-state index in [2.05, 4.69) is 15.3 Å². The van der Waals surface area contributed by atoms with Gasteiger partial charge < -0.3 is 15.4 Å². The maximum atomic E-state index is 11.7. The molecule has 6 nitrogen and oxygen atoms in total. The summed E-state index contributed by atoms with van der Waals surface area (Å²) in [6.07, 6.45) is 5.75. The molecule has 0 spiro atoms. The van der Waals surface area contributed by atoms with Gasteiger partial charge in [-0.05, 0) is 25.2 Å². The van der Waals surface area contributed by atoms with Crippen molar-refractivity contribution in [2.24, 2.45) is 5.92 Å². The number of H-pyrrole nitrogens is 1. The van der Waals surface area contributed by atoms with E-state index in [4.69, 9.17) is 0 Å². The minimum Gasteiger partial charge on any atom is -0.393 e. The van der Waals surface area contributed by atoms with Gasteiger partial charge in [0.1, 0.15) is 5.69 Å². The molecule has 2 atom stereocenters. The topological polar surface area (TPSA) is 95.1 Å². The van der Waals surface area contributed by atoms with Crippen LogP contribution in [0.15, 0.2) is 17.2 Å². The molecule has 1 aliphatic rings. The van der Waals surface area contributed by atoms with Crippen molar-refractivity contribution in [1.82, 2.24) is 15.3 Å². The molecule has 3 N–H and O–H groups in total. The van der Waals surface area contributed by atoms with Gasteiger partial charge in [0.25, 0.3) is 11.5 Å². The summed E-state index contributed by atoms with van der Waals surface area (Å²) in [7, 11) is 0. The minimum absolute atomic E-state index is 0.200. The molecule has 1 aromatic rings. The van der Waals surface area contributed by atoms with E-state index >= 15 is 0 Å². The average Bonchev–Trinajstić information content (AvgIpc) is 2.37. The summed E-state index contributed by atoms with van der Waals surface area (Å²) in [5, 5.41) is 12.3. The van der Waals surface area contributed by atoms with E-state index in [9.17, 15) is 14.7 Å². The number of aliphatic hydroxyl groups is 1. The summed E-state index contributed by atoms with van der Waals surface area (Å²) in [4.78, 5) is 28.7. The molecule has 6 heteroatoms. The van der Waals surface area contributed by atoms with Crippen LogP contribution < -0.4 is 10.9 Å². The Morgan fingerprint density at radius 1 is 1.56 bits per heavy atom. The highest BCUT2D eigenvalue weighted by Gasteiger charge is 2.20. The van der Waals surface area contributed by atoms with E-state index in [1.165, 1.54) is 6.20 Å². The van der Waals surface area contributed by atoms with Crippen LogP contribution in [-0.2, 0) is 0 Å². The number of carbonyl (C=O) groups excluding carboxylic acids is 1. The molecule has 98 valence electrons. The first-order chi connectivity index (χ1) is 8.65. The number of nitrogens with one attached hydrogen (secondary N) is 2. The van der Waals surface area contributed by atoms with Gasteiger partial charge >= 0.3 is 0 Å². The minimum atomic E-state index is -0.332. The summed E-state index contributed by atoms with van der Waals surface area (Å²) in [6, 6.07) is 0. The van der Waals surface area contributed by atoms with Crippen LogP contribution in [0.4, 0.5) is 0 Å². The summed E-state index contributed by atoms with van der Waals surface area (Å²) in [5.74, 6) is 0.0202. The van der Waals surface area contributed by atoms with Crippen molar-refractivity contribution in [3.05, 3.63) is 28.4 Å². The highest BCUT2D eigenvalue weighted by Crippen LogP contribution is 2.23. The van der Waals surface area contributed by atoms with Crippen LogP contribution in [0.1, 0.15) is 36.2 Å². The normalized spacial score (nSPS) is 23.6. The lowest BCUT2D eigenvalue weighted by atomic mass is 9.87. The summed E-state index contributed by atoms with van der Waals surface area (Å²) in [6.45, 7) is 0.538. The molecule has 1 heterocycles. The predicted molar refractivity (Wildman–Crippen MR) is 65.2 cm³/mol. The lowest BCUT2D eigenvalue weighted by Crippen LogP contribution is -2.33. The van der Waals surface area contributed by atoms with Crippen LogP contribution in [0.2, 0.25) is 0 Å². The van der Waals surface area contributed by atoms with Crippen molar-refractivity contribution in [3.8, 4) is 0 Å². The first-order valence-electron chi connectivity index (χ1n) is 6.16. The predicted octanol–water partition coefficient (Wildman–Crippen LogP) is 0.0508. The molecular formula is C12H17N3O3. The zero-order valence-corrected chi connectivity index (χ0v) is 10.1. The summed E-state index contributed by atoms with van der Waals surface area (Å²) in [5.41, 5.74) is -0.132. The monoisotopic (exact) mass is 251 g/mol. The Hall–Kier alpha value is -1.69.